The predicted molar refractivity (Wildman–Crippen MR) is 53.0 cm³/mol. The maximum Gasteiger partial charge on any atom is 0.287 e. The van der Waals surface area contributed by atoms with Gasteiger partial charge in [-0.2, -0.15) is 0 Å². The van der Waals surface area contributed by atoms with Gasteiger partial charge in [0.2, 0.25) is 0 Å². The fourth-order valence-corrected chi connectivity index (χ4v) is 0.891. The van der Waals surface area contributed by atoms with Crippen LogP contribution in [0.2, 0.25) is 0 Å². The first-order valence-corrected chi connectivity index (χ1v) is 4.20. The standard InChI is InChI=1S/C8H12N4O2/c1-6(4-9)11-8-3-2-7(5-10-8)12(13)14/h2-3,5-6H,4,9H2,1H3,(H,10,11). The van der Waals surface area contributed by atoms with E-state index >= 15 is 0 Å². The summed E-state index contributed by atoms with van der Waals surface area (Å²) in [4.78, 5) is 13.7. The second kappa shape index (κ2) is 4.52. The Balaban J connectivity index is 2.68. The van der Waals surface area contributed by atoms with Crippen LogP contribution in [-0.2, 0) is 0 Å². The van der Waals surface area contributed by atoms with Crippen LogP contribution in [-0.4, -0.2) is 22.5 Å². The molecule has 0 saturated heterocycles. The van der Waals surface area contributed by atoms with Crippen molar-refractivity contribution in [1.29, 1.82) is 0 Å². The number of nitrogens with two attached hydrogens (primary N) is 1. The Morgan fingerprint density at radius 1 is 1.71 bits per heavy atom. The molecule has 0 spiro atoms. The number of nitrogens with one attached hydrogen (secondary N) is 1. The van der Waals surface area contributed by atoms with Crippen LogP contribution in [0.15, 0.2) is 18.3 Å². The molecular formula is C8H12N4O2. The fourth-order valence-electron chi connectivity index (χ4n) is 0.891. The number of nitro groups is 1. The third-order valence-corrected chi connectivity index (χ3v) is 1.71. The molecule has 76 valence electrons. The van der Waals surface area contributed by atoms with Crippen LogP contribution in [0.25, 0.3) is 0 Å². The highest BCUT2D eigenvalue weighted by atomic mass is 16.6. The molecule has 6 heteroatoms. The van der Waals surface area contributed by atoms with Crippen molar-refractivity contribution in [2.75, 3.05) is 11.9 Å². The number of anilines is 1. The van der Waals surface area contributed by atoms with Crippen molar-refractivity contribution in [3.8, 4) is 0 Å². The van der Waals surface area contributed by atoms with E-state index in [9.17, 15) is 10.1 Å². The lowest BCUT2D eigenvalue weighted by Crippen LogP contribution is -2.25. The Bertz CT molecular complexity index is 312. The molecule has 0 radical (unpaired) electrons. The van der Waals surface area contributed by atoms with Crippen LogP contribution < -0.4 is 11.1 Å². The highest BCUT2D eigenvalue weighted by molar-refractivity contribution is 5.40. The fraction of sp³-hybridized carbons (Fsp3) is 0.375. The molecule has 0 aliphatic rings. The zero-order valence-electron chi connectivity index (χ0n) is 7.80. The first kappa shape index (κ1) is 10.4. The van der Waals surface area contributed by atoms with Gasteiger partial charge in [-0.25, -0.2) is 4.98 Å². The Morgan fingerprint density at radius 3 is 2.86 bits per heavy atom. The molecule has 1 unspecified atom stereocenters. The minimum absolute atomic E-state index is 0.0176. The van der Waals surface area contributed by atoms with Gasteiger partial charge in [0, 0.05) is 18.7 Å². The maximum atomic E-state index is 10.3. The molecular weight excluding hydrogens is 184 g/mol. The van der Waals surface area contributed by atoms with Crippen molar-refractivity contribution in [1.82, 2.24) is 4.98 Å². The molecule has 1 heterocycles. The molecule has 1 aromatic rings. The molecule has 0 fully saturated rings. The van der Waals surface area contributed by atoms with Crippen molar-refractivity contribution in [3.63, 3.8) is 0 Å². The largest absolute Gasteiger partial charge is 0.366 e. The monoisotopic (exact) mass is 196 g/mol. The van der Waals surface area contributed by atoms with E-state index in [4.69, 9.17) is 5.73 Å². The summed E-state index contributed by atoms with van der Waals surface area (Å²) in [5, 5.41) is 13.3. The summed E-state index contributed by atoms with van der Waals surface area (Å²) in [6, 6.07) is 3.06. The molecule has 6 nitrogen and oxygen atoms in total. The normalized spacial score (nSPS) is 12.1. The molecule has 1 rings (SSSR count). The van der Waals surface area contributed by atoms with Crippen molar-refractivity contribution in [2.45, 2.75) is 13.0 Å². The second-order valence-electron chi connectivity index (χ2n) is 2.94. The Morgan fingerprint density at radius 2 is 2.43 bits per heavy atom. The zero-order valence-corrected chi connectivity index (χ0v) is 7.80. The van der Waals surface area contributed by atoms with E-state index in [1.54, 1.807) is 6.07 Å². The van der Waals surface area contributed by atoms with Gasteiger partial charge < -0.3 is 11.1 Å². The van der Waals surface area contributed by atoms with Gasteiger partial charge in [-0.3, -0.25) is 10.1 Å². The smallest absolute Gasteiger partial charge is 0.287 e. The second-order valence-corrected chi connectivity index (χ2v) is 2.94. The molecule has 0 aliphatic carbocycles. The van der Waals surface area contributed by atoms with E-state index in [0.717, 1.165) is 0 Å². The van der Waals surface area contributed by atoms with Crippen LogP contribution in [0.3, 0.4) is 0 Å². The average molecular weight is 196 g/mol. The van der Waals surface area contributed by atoms with Crippen molar-refractivity contribution in [3.05, 3.63) is 28.4 Å². The summed E-state index contributed by atoms with van der Waals surface area (Å²) < 4.78 is 0. The molecule has 0 aromatic carbocycles. The van der Waals surface area contributed by atoms with Crippen LogP contribution >= 0.6 is 0 Å². The van der Waals surface area contributed by atoms with E-state index in [1.807, 2.05) is 6.92 Å². The summed E-state index contributed by atoms with van der Waals surface area (Å²) in [6.07, 6.45) is 1.21. The van der Waals surface area contributed by atoms with Gasteiger partial charge in [0.15, 0.2) is 0 Å². The molecule has 0 aliphatic heterocycles. The van der Waals surface area contributed by atoms with Crippen LogP contribution in [0.5, 0.6) is 0 Å². The van der Waals surface area contributed by atoms with Crippen molar-refractivity contribution >= 4 is 11.5 Å². The summed E-state index contributed by atoms with van der Waals surface area (Å²) in [5.41, 5.74) is 5.38. The lowest BCUT2D eigenvalue weighted by molar-refractivity contribution is -0.385. The number of pyridine rings is 1. The predicted octanol–water partition coefficient (Wildman–Crippen LogP) is 0.749. The van der Waals surface area contributed by atoms with Crippen LogP contribution in [0.1, 0.15) is 6.92 Å². The highest BCUT2D eigenvalue weighted by Gasteiger charge is 2.05. The average Bonchev–Trinajstić information content (AvgIpc) is 2.18. The topological polar surface area (TPSA) is 94.1 Å². The first-order chi connectivity index (χ1) is 6.63. The zero-order chi connectivity index (χ0) is 10.6. The Hall–Kier alpha value is -1.69. The third-order valence-electron chi connectivity index (χ3n) is 1.71. The minimum atomic E-state index is -0.483. The van der Waals surface area contributed by atoms with Gasteiger partial charge in [0.05, 0.1) is 4.92 Å². The molecule has 14 heavy (non-hydrogen) atoms. The van der Waals surface area contributed by atoms with Gasteiger partial charge in [-0.15, -0.1) is 0 Å². The van der Waals surface area contributed by atoms with Crippen LogP contribution in [0.4, 0.5) is 11.5 Å². The Labute approximate surface area is 81.3 Å². The van der Waals surface area contributed by atoms with Gasteiger partial charge in [-0.1, -0.05) is 0 Å². The SMILES string of the molecule is CC(CN)Nc1ccc([N+](=O)[O-])cn1. The lowest BCUT2D eigenvalue weighted by atomic mass is 10.3. The van der Waals surface area contributed by atoms with Gasteiger partial charge >= 0.3 is 0 Å². The van der Waals surface area contributed by atoms with Crippen molar-refractivity contribution < 1.29 is 4.92 Å². The number of hydrogen-bond donors (Lipinski definition) is 2. The molecule has 0 bridgehead atoms. The van der Waals surface area contributed by atoms with E-state index in [2.05, 4.69) is 10.3 Å². The number of aromatic nitrogens is 1. The molecule has 3 N–H and O–H groups in total. The molecule has 1 aromatic heterocycles. The summed E-state index contributed by atoms with van der Waals surface area (Å²) in [6.45, 7) is 2.39. The van der Waals surface area contributed by atoms with E-state index in [1.165, 1.54) is 12.3 Å². The summed E-state index contributed by atoms with van der Waals surface area (Å²) in [7, 11) is 0. The lowest BCUT2D eigenvalue weighted by Gasteiger charge is -2.10. The number of nitrogens with zero attached hydrogens (tertiary/aromatic N) is 2. The number of hydrogen-bond acceptors (Lipinski definition) is 5. The molecule has 0 amide bonds. The summed E-state index contributed by atoms with van der Waals surface area (Å²) >= 11 is 0. The van der Waals surface area contributed by atoms with Crippen LogP contribution in [0, 0.1) is 10.1 Å². The van der Waals surface area contributed by atoms with Gasteiger partial charge in [0.1, 0.15) is 12.0 Å². The maximum absolute atomic E-state index is 10.3. The highest BCUT2D eigenvalue weighted by Crippen LogP contribution is 2.11. The van der Waals surface area contributed by atoms with Gasteiger partial charge in [0.25, 0.3) is 5.69 Å². The first-order valence-electron chi connectivity index (χ1n) is 4.20. The molecule has 1 atom stereocenters. The Kier molecular flexibility index (Phi) is 3.35. The van der Waals surface area contributed by atoms with E-state index in [0.29, 0.717) is 12.4 Å². The quantitative estimate of drug-likeness (QED) is 0.547. The van der Waals surface area contributed by atoms with E-state index in [-0.39, 0.29) is 11.7 Å². The van der Waals surface area contributed by atoms with Crippen molar-refractivity contribution in [2.24, 2.45) is 5.73 Å². The minimum Gasteiger partial charge on any atom is -0.366 e. The summed E-state index contributed by atoms with van der Waals surface area (Å²) in [5.74, 6) is 0.591. The number of rotatable bonds is 4. The molecule has 0 saturated carbocycles. The van der Waals surface area contributed by atoms with Gasteiger partial charge in [-0.05, 0) is 13.0 Å². The van der Waals surface area contributed by atoms with E-state index < -0.39 is 4.92 Å². The third kappa shape index (κ3) is 2.67.